The van der Waals surface area contributed by atoms with Gasteiger partial charge in [-0.05, 0) is 18.0 Å². The topological polar surface area (TPSA) is 68.1 Å². The summed E-state index contributed by atoms with van der Waals surface area (Å²) in [5.74, 6) is 0.521. The molecule has 0 saturated carbocycles. The van der Waals surface area contributed by atoms with E-state index in [9.17, 15) is 0 Å². The first-order chi connectivity index (χ1) is 7.26. The minimum absolute atomic E-state index is 0.0686. The smallest absolute Gasteiger partial charge is 0.321 e. The van der Waals surface area contributed by atoms with Crippen LogP contribution in [0.1, 0.15) is 13.3 Å². The summed E-state index contributed by atoms with van der Waals surface area (Å²) in [6.45, 7) is 2.60. The monoisotopic (exact) mass is 249 g/mol. The van der Waals surface area contributed by atoms with E-state index in [0.29, 0.717) is 17.5 Å². The van der Waals surface area contributed by atoms with E-state index in [4.69, 9.17) is 21.4 Å². The Labute approximate surface area is 97.2 Å². The van der Waals surface area contributed by atoms with Gasteiger partial charge in [0.25, 0.3) is 0 Å². The summed E-state index contributed by atoms with van der Waals surface area (Å²) in [7, 11) is 0. The molecule has 0 atom stereocenters. The van der Waals surface area contributed by atoms with Crippen LogP contribution in [0.25, 0.3) is 0 Å². The van der Waals surface area contributed by atoms with Gasteiger partial charge in [-0.25, -0.2) is 0 Å². The molecule has 0 bridgehead atoms. The molecule has 0 fully saturated rings. The van der Waals surface area contributed by atoms with Crippen LogP contribution in [0.5, 0.6) is 6.01 Å². The Bertz CT molecular complexity index is 288. The Morgan fingerprint density at radius 2 is 2.20 bits per heavy atom. The third-order valence-corrected chi connectivity index (χ3v) is 2.32. The van der Waals surface area contributed by atoms with Crippen molar-refractivity contribution in [2.75, 3.05) is 19.0 Å². The molecule has 1 aromatic rings. The van der Waals surface area contributed by atoms with Gasteiger partial charge in [0.1, 0.15) is 0 Å². The van der Waals surface area contributed by atoms with Gasteiger partial charge >= 0.3 is 6.01 Å². The van der Waals surface area contributed by atoms with Crippen LogP contribution in [0.2, 0.25) is 5.28 Å². The third-order valence-electron chi connectivity index (χ3n) is 1.32. The summed E-state index contributed by atoms with van der Waals surface area (Å²) in [6.07, 6.45) is 0.877. The lowest BCUT2D eigenvalue weighted by molar-refractivity contribution is 0.288. The Morgan fingerprint density at radius 1 is 1.40 bits per heavy atom. The highest BCUT2D eigenvalue weighted by Crippen LogP contribution is 2.17. The van der Waals surface area contributed by atoms with Gasteiger partial charge in [0, 0.05) is 5.75 Å². The number of halogens is 1. The van der Waals surface area contributed by atoms with Crippen LogP contribution in [-0.4, -0.2) is 39.0 Å². The fraction of sp³-hybridized carbons (Fsp3) is 0.625. The SMILES string of the molecule is CCCOc1nc(Cl)nc(SCCO)n1. The van der Waals surface area contributed by atoms with E-state index >= 15 is 0 Å². The van der Waals surface area contributed by atoms with Crippen LogP contribution in [-0.2, 0) is 0 Å². The van der Waals surface area contributed by atoms with E-state index in [1.807, 2.05) is 6.92 Å². The van der Waals surface area contributed by atoms with Crippen molar-refractivity contribution in [2.45, 2.75) is 18.5 Å². The number of rotatable bonds is 6. The second-order valence-corrected chi connectivity index (χ2v) is 3.99. The van der Waals surface area contributed by atoms with Crippen molar-refractivity contribution >= 4 is 23.4 Å². The van der Waals surface area contributed by atoms with Crippen LogP contribution in [0.3, 0.4) is 0 Å². The second-order valence-electron chi connectivity index (χ2n) is 2.59. The molecule has 15 heavy (non-hydrogen) atoms. The van der Waals surface area contributed by atoms with Crippen LogP contribution >= 0.6 is 23.4 Å². The summed E-state index contributed by atoms with van der Waals surface area (Å²) < 4.78 is 5.23. The Balaban J connectivity index is 2.66. The summed E-state index contributed by atoms with van der Waals surface area (Å²) in [6, 6.07) is 0.234. The highest BCUT2D eigenvalue weighted by molar-refractivity contribution is 7.99. The predicted molar refractivity (Wildman–Crippen MR) is 58.4 cm³/mol. The van der Waals surface area contributed by atoms with Gasteiger partial charge in [-0.1, -0.05) is 18.7 Å². The van der Waals surface area contributed by atoms with Crippen molar-refractivity contribution in [3.63, 3.8) is 0 Å². The third kappa shape index (κ3) is 4.63. The summed E-state index contributed by atoms with van der Waals surface area (Å²) in [5.41, 5.74) is 0. The number of ether oxygens (including phenoxy) is 1. The zero-order valence-corrected chi connectivity index (χ0v) is 9.88. The van der Waals surface area contributed by atoms with Gasteiger partial charge in [0.05, 0.1) is 13.2 Å². The largest absolute Gasteiger partial charge is 0.463 e. The quantitative estimate of drug-likeness (QED) is 0.769. The second kappa shape index (κ2) is 6.81. The molecule has 0 amide bonds. The molecule has 1 heterocycles. The molecule has 0 unspecified atom stereocenters. The Morgan fingerprint density at radius 3 is 2.87 bits per heavy atom. The van der Waals surface area contributed by atoms with Crippen molar-refractivity contribution < 1.29 is 9.84 Å². The molecule has 1 aromatic heterocycles. The summed E-state index contributed by atoms with van der Waals surface area (Å²) in [4.78, 5) is 11.8. The molecule has 0 aromatic carbocycles. The predicted octanol–water partition coefficient (Wildman–Crippen LogP) is 1.40. The fourth-order valence-corrected chi connectivity index (χ4v) is 1.54. The van der Waals surface area contributed by atoms with Crippen LogP contribution in [0.15, 0.2) is 5.16 Å². The zero-order valence-electron chi connectivity index (χ0n) is 8.31. The number of nitrogens with zero attached hydrogens (tertiary/aromatic N) is 3. The molecular formula is C8H12ClN3O2S. The normalized spacial score (nSPS) is 10.3. The molecular weight excluding hydrogens is 238 g/mol. The number of aliphatic hydroxyl groups excluding tert-OH is 1. The molecule has 1 N–H and O–H groups in total. The standard InChI is InChI=1S/C8H12ClN3O2S/c1-2-4-14-7-10-6(9)11-8(12-7)15-5-3-13/h13H,2-5H2,1H3. The Hall–Kier alpha value is -0.590. The van der Waals surface area contributed by atoms with Crippen LogP contribution < -0.4 is 4.74 Å². The van der Waals surface area contributed by atoms with E-state index < -0.39 is 0 Å². The van der Waals surface area contributed by atoms with Crippen molar-refractivity contribution in [1.82, 2.24) is 15.0 Å². The zero-order chi connectivity index (χ0) is 11.1. The first kappa shape index (κ1) is 12.5. The van der Waals surface area contributed by atoms with Gasteiger partial charge in [-0.3, -0.25) is 0 Å². The van der Waals surface area contributed by atoms with Gasteiger partial charge in [-0.15, -0.1) is 0 Å². The molecule has 0 radical (unpaired) electrons. The number of aliphatic hydroxyl groups is 1. The van der Waals surface area contributed by atoms with E-state index in [0.717, 1.165) is 6.42 Å². The van der Waals surface area contributed by atoms with Crippen molar-refractivity contribution in [3.05, 3.63) is 5.28 Å². The minimum atomic E-state index is 0.0686. The van der Waals surface area contributed by atoms with Gasteiger partial charge in [0.2, 0.25) is 5.28 Å². The molecule has 0 aliphatic heterocycles. The van der Waals surface area contributed by atoms with Crippen LogP contribution in [0.4, 0.5) is 0 Å². The van der Waals surface area contributed by atoms with Crippen molar-refractivity contribution in [3.8, 4) is 6.01 Å². The van der Waals surface area contributed by atoms with Gasteiger partial charge < -0.3 is 9.84 Å². The lowest BCUT2D eigenvalue weighted by atomic mass is 10.5. The number of hydrogen-bond donors (Lipinski definition) is 1. The minimum Gasteiger partial charge on any atom is -0.463 e. The molecule has 0 saturated heterocycles. The maximum absolute atomic E-state index is 8.65. The Kier molecular flexibility index (Phi) is 5.67. The fourth-order valence-electron chi connectivity index (χ4n) is 0.774. The number of aromatic nitrogens is 3. The average molecular weight is 250 g/mol. The lowest BCUT2D eigenvalue weighted by Gasteiger charge is -2.03. The first-order valence-electron chi connectivity index (χ1n) is 4.54. The maximum Gasteiger partial charge on any atom is 0.321 e. The van der Waals surface area contributed by atoms with E-state index in [-0.39, 0.29) is 17.9 Å². The highest BCUT2D eigenvalue weighted by atomic mass is 35.5. The van der Waals surface area contributed by atoms with Crippen molar-refractivity contribution in [1.29, 1.82) is 0 Å². The molecule has 1 rings (SSSR count). The lowest BCUT2D eigenvalue weighted by Crippen LogP contribution is -2.02. The molecule has 84 valence electrons. The molecule has 5 nitrogen and oxygen atoms in total. The molecule has 0 spiro atoms. The molecule has 7 heteroatoms. The maximum atomic E-state index is 8.65. The summed E-state index contributed by atoms with van der Waals surface area (Å²) in [5, 5.41) is 9.23. The number of hydrogen-bond acceptors (Lipinski definition) is 6. The molecule has 0 aliphatic rings. The molecule has 0 aliphatic carbocycles. The van der Waals surface area contributed by atoms with E-state index in [1.165, 1.54) is 11.8 Å². The van der Waals surface area contributed by atoms with Crippen LogP contribution in [0, 0.1) is 0 Å². The first-order valence-corrected chi connectivity index (χ1v) is 5.90. The average Bonchev–Trinajstić information content (AvgIpc) is 2.23. The summed E-state index contributed by atoms with van der Waals surface area (Å²) >= 11 is 7.00. The van der Waals surface area contributed by atoms with Gasteiger partial charge in [0.15, 0.2) is 5.16 Å². The van der Waals surface area contributed by atoms with Gasteiger partial charge in [-0.2, -0.15) is 15.0 Å². The van der Waals surface area contributed by atoms with E-state index in [1.54, 1.807) is 0 Å². The highest BCUT2D eigenvalue weighted by Gasteiger charge is 2.05. The van der Waals surface area contributed by atoms with E-state index in [2.05, 4.69) is 15.0 Å². The number of thioether (sulfide) groups is 1. The van der Waals surface area contributed by atoms with Crippen molar-refractivity contribution in [2.24, 2.45) is 0 Å².